The Morgan fingerprint density at radius 1 is 1.43 bits per heavy atom. The van der Waals surface area contributed by atoms with Crippen LogP contribution in [-0.2, 0) is 14.3 Å². The first kappa shape index (κ1) is 12.9. The minimum Gasteiger partial charge on any atom is -0.479 e. The molecule has 0 amide bonds. The standard InChI is InChI=1S/C9H16O5/c1-4-9(3,6(10)7(11)12)8(13)14-5-2/h6,10H,4-5H2,1-3H3,(H,11,12). The van der Waals surface area contributed by atoms with Gasteiger partial charge in [0.2, 0.25) is 0 Å². The van der Waals surface area contributed by atoms with Crippen LogP contribution in [0.25, 0.3) is 0 Å². The number of carbonyl (C=O) groups excluding carboxylic acids is 1. The average molecular weight is 204 g/mol. The lowest BCUT2D eigenvalue weighted by Gasteiger charge is -2.28. The van der Waals surface area contributed by atoms with E-state index in [2.05, 4.69) is 0 Å². The Hall–Kier alpha value is -1.10. The zero-order valence-corrected chi connectivity index (χ0v) is 8.61. The van der Waals surface area contributed by atoms with Crippen LogP contribution in [0.3, 0.4) is 0 Å². The van der Waals surface area contributed by atoms with Crippen molar-refractivity contribution in [1.29, 1.82) is 0 Å². The highest BCUT2D eigenvalue weighted by atomic mass is 16.5. The summed E-state index contributed by atoms with van der Waals surface area (Å²) in [6.07, 6.45) is -1.52. The van der Waals surface area contributed by atoms with E-state index in [1.165, 1.54) is 6.92 Å². The summed E-state index contributed by atoms with van der Waals surface area (Å²) in [6.45, 7) is 4.80. The molecule has 2 unspecified atom stereocenters. The minimum absolute atomic E-state index is 0.167. The Kier molecular flexibility index (Phi) is 4.56. The molecule has 0 aliphatic rings. The van der Waals surface area contributed by atoms with Gasteiger partial charge in [0.1, 0.15) is 5.41 Å². The highest BCUT2D eigenvalue weighted by molar-refractivity contribution is 5.85. The molecular weight excluding hydrogens is 188 g/mol. The number of carbonyl (C=O) groups is 2. The second kappa shape index (κ2) is 4.95. The van der Waals surface area contributed by atoms with E-state index in [9.17, 15) is 14.7 Å². The van der Waals surface area contributed by atoms with E-state index in [4.69, 9.17) is 9.84 Å². The molecule has 0 aliphatic heterocycles. The number of ether oxygens (including phenoxy) is 1. The van der Waals surface area contributed by atoms with Crippen molar-refractivity contribution in [3.05, 3.63) is 0 Å². The van der Waals surface area contributed by atoms with Crippen molar-refractivity contribution >= 4 is 11.9 Å². The Balaban J connectivity index is 4.78. The van der Waals surface area contributed by atoms with Gasteiger partial charge in [-0.2, -0.15) is 0 Å². The Labute approximate surface area is 82.7 Å². The van der Waals surface area contributed by atoms with Gasteiger partial charge in [-0.25, -0.2) is 4.79 Å². The molecular formula is C9H16O5. The summed E-state index contributed by atoms with van der Waals surface area (Å²) >= 11 is 0. The van der Waals surface area contributed by atoms with Crippen LogP contribution in [0.1, 0.15) is 27.2 Å². The molecule has 0 bridgehead atoms. The molecule has 5 heteroatoms. The van der Waals surface area contributed by atoms with Crippen molar-refractivity contribution in [1.82, 2.24) is 0 Å². The fourth-order valence-corrected chi connectivity index (χ4v) is 1.02. The molecule has 0 aromatic carbocycles. The van der Waals surface area contributed by atoms with Crippen molar-refractivity contribution in [3.63, 3.8) is 0 Å². The van der Waals surface area contributed by atoms with Gasteiger partial charge in [-0.1, -0.05) is 6.92 Å². The van der Waals surface area contributed by atoms with Gasteiger partial charge in [-0.05, 0) is 20.3 Å². The fourth-order valence-electron chi connectivity index (χ4n) is 1.02. The molecule has 0 heterocycles. The number of hydrogen-bond donors (Lipinski definition) is 2. The van der Waals surface area contributed by atoms with Gasteiger partial charge >= 0.3 is 11.9 Å². The number of aliphatic hydroxyl groups excluding tert-OH is 1. The van der Waals surface area contributed by atoms with Crippen LogP contribution in [0.2, 0.25) is 0 Å². The van der Waals surface area contributed by atoms with E-state index in [-0.39, 0.29) is 13.0 Å². The van der Waals surface area contributed by atoms with Crippen LogP contribution in [0.4, 0.5) is 0 Å². The number of aliphatic carboxylic acids is 1. The third kappa shape index (κ3) is 2.45. The normalized spacial score (nSPS) is 16.9. The van der Waals surface area contributed by atoms with E-state index < -0.39 is 23.5 Å². The van der Waals surface area contributed by atoms with Crippen LogP contribution in [0.5, 0.6) is 0 Å². The maximum absolute atomic E-state index is 11.4. The van der Waals surface area contributed by atoms with Gasteiger partial charge in [0, 0.05) is 0 Å². The number of aliphatic hydroxyl groups is 1. The van der Waals surface area contributed by atoms with Crippen molar-refractivity contribution in [3.8, 4) is 0 Å². The van der Waals surface area contributed by atoms with Crippen molar-refractivity contribution in [2.45, 2.75) is 33.3 Å². The summed E-state index contributed by atoms with van der Waals surface area (Å²) in [5, 5.41) is 18.0. The molecule has 5 nitrogen and oxygen atoms in total. The summed E-state index contributed by atoms with van der Waals surface area (Å²) in [5.74, 6) is -2.10. The molecule has 0 radical (unpaired) electrons. The molecule has 14 heavy (non-hydrogen) atoms. The molecule has 0 rings (SSSR count). The van der Waals surface area contributed by atoms with Gasteiger partial charge in [-0.3, -0.25) is 4.79 Å². The summed E-state index contributed by atoms with van der Waals surface area (Å²) < 4.78 is 4.71. The Bertz CT molecular complexity index is 225. The third-order valence-corrected chi connectivity index (χ3v) is 2.31. The maximum atomic E-state index is 11.4. The monoisotopic (exact) mass is 204 g/mol. The topological polar surface area (TPSA) is 83.8 Å². The van der Waals surface area contributed by atoms with E-state index in [1.807, 2.05) is 0 Å². The summed E-state index contributed by atoms with van der Waals surface area (Å²) in [5.41, 5.74) is -1.37. The van der Waals surface area contributed by atoms with E-state index in [0.717, 1.165) is 0 Å². The predicted octanol–water partition coefficient (Wildman–Crippen LogP) is 0.411. The molecule has 0 fully saturated rings. The Morgan fingerprint density at radius 2 is 1.93 bits per heavy atom. The SMILES string of the molecule is CCOC(=O)C(C)(CC)C(O)C(=O)O. The van der Waals surface area contributed by atoms with Crippen molar-refractivity contribution in [2.24, 2.45) is 5.41 Å². The zero-order chi connectivity index (χ0) is 11.4. The summed E-state index contributed by atoms with van der Waals surface area (Å²) in [4.78, 5) is 22.0. The number of rotatable bonds is 5. The fraction of sp³-hybridized carbons (Fsp3) is 0.778. The molecule has 0 saturated carbocycles. The Morgan fingerprint density at radius 3 is 2.21 bits per heavy atom. The second-order valence-electron chi connectivity index (χ2n) is 3.23. The first-order valence-electron chi connectivity index (χ1n) is 4.48. The number of hydrogen-bond acceptors (Lipinski definition) is 4. The van der Waals surface area contributed by atoms with Crippen LogP contribution in [0.15, 0.2) is 0 Å². The molecule has 0 aromatic heterocycles. The van der Waals surface area contributed by atoms with Crippen LogP contribution in [0, 0.1) is 5.41 Å². The van der Waals surface area contributed by atoms with E-state index in [1.54, 1.807) is 13.8 Å². The second-order valence-corrected chi connectivity index (χ2v) is 3.23. The number of carboxylic acid groups (broad SMARTS) is 1. The smallest absolute Gasteiger partial charge is 0.333 e. The average Bonchev–Trinajstić information content (AvgIpc) is 2.15. The zero-order valence-electron chi connectivity index (χ0n) is 8.61. The quantitative estimate of drug-likeness (QED) is 0.634. The highest BCUT2D eigenvalue weighted by Gasteiger charge is 2.44. The first-order valence-corrected chi connectivity index (χ1v) is 4.48. The van der Waals surface area contributed by atoms with Gasteiger partial charge < -0.3 is 14.9 Å². The summed E-state index contributed by atoms with van der Waals surface area (Å²) in [6, 6.07) is 0. The minimum atomic E-state index is -1.73. The molecule has 82 valence electrons. The highest BCUT2D eigenvalue weighted by Crippen LogP contribution is 2.27. The largest absolute Gasteiger partial charge is 0.479 e. The van der Waals surface area contributed by atoms with Crippen LogP contribution in [-0.4, -0.2) is 34.9 Å². The maximum Gasteiger partial charge on any atom is 0.333 e. The van der Waals surface area contributed by atoms with Crippen molar-refractivity contribution in [2.75, 3.05) is 6.61 Å². The molecule has 2 N–H and O–H groups in total. The van der Waals surface area contributed by atoms with Gasteiger partial charge in [0.05, 0.1) is 6.61 Å². The number of carboxylic acids is 1. The molecule has 0 saturated heterocycles. The predicted molar refractivity (Wildman–Crippen MR) is 48.7 cm³/mol. The van der Waals surface area contributed by atoms with Gasteiger partial charge in [0.25, 0.3) is 0 Å². The molecule has 2 atom stereocenters. The van der Waals surface area contributed by atoms with Crippen molar-refractivity contribution < 1.29 is 24.5 Å². The van der Waals surface area contributed by atoms with Crippen LogP contribution < -0.4 is 0 Å². The molecule has 0 aromatic rings. The van der Waals surface area contributed by atoms with Gasteiger partial charge in [-0.15, -0.1) is 0 Å². The van der Waals surface area contributed by atoms with E-state index >= 15 is 0 Å². The van der Waals surface area contributed by atoms with Crippen LogP contribution >= 0.6 is 0 Å². The number of esters is 1. The first-order chi connectivity index (χ1) is 6.40. The molecule has 0 spiro atoms. The van der Waals surface area contributed by atoms with E-state index in [0.29, 0.717) is 0 Å². The summed E-state index contributed by atoms with van der Waals surface area (Å²) in [7, 11) is 0. The lowest BCUT2D eigenvalue weighted by molar-refractivity contribution is -0.172. The third-order valence-electron chi connectivity index (χ3n) is 2.31. The molecule has 0 aliphatic carbocycles. The lowest BCUT2D eigenvalue weighted by atomic mass is 9.81. The lowest BCUT2D eigenvalue weighted by Crippen LogP contribution is -2.45. The van der Waals surface area contributed by atoms with Gasteiger partial charge in [0.15, 0.2) is 6.10 Å².